The number of likely N-dealkylation sites (tertiary alicyclic amines) is 1. The van der Waals surface area contributed by atoms with Crippen molar-refractivity contribution in [3.05, 3.63) is 60.2 Å². The maximum absolute atomic E-state index is 12.9. The summed E-state index contributed by atoms with van der Waals surface area (Å²) < 4.78 is 47.0. The summed E-state index contributed by atoms with van der Waals surface area (Å²) in [5, 5.41) is 6.75. The molecule has 3 saturated heterocycles. The SMILES string of the molecule is CCCCN1C[C@H]2CCCN3CCC[C@@H](C1CCCCOC(=O)CCC(=O)OCCc1ccc(Oc4nonc4S(=O)(=O)c4ccccc4)cc1)[C@@H]23. The molecule has 0 N–H and O–H groups in total. The van der Waals surface area contributed by atoms with Gasteiger partial charge in [-0.2, -0.15) is 0 Å². The zero-order valence-electron chi connectivity index (χ0n) is 30.2. The molecule has 13 heteroatoms. The Morgan fingerprint density at radius 2 is 1.62 bits per heavy atom. The van der Waals surface area contributed by atoms with Crippen LogP contribution in [-0.4, -0.2) is 91.9 Å². The van der Waals surface area contributed by atoms with Gasteiger partial charge < -0.3 is 14.2 Å². The van der Waals surface area contributed by atoms with Crippen LogP contribution in [0.5, 0.6) is 11.6 Å². The van der Waals surface area contributed by atoms with E-state index in [9.17, 15) is 18.0 Å². The summed E-state index contributed by atoms with van der Waals surface area (Å²) in [5.74, 6) is 0.828. The maximum atomic E-state index is 12.9. The van der Waals surface area contributed by atoms with E-state index in [1.807, 2.05) is 0 Å². The molecule has 0 spiro atoms. The molecule has 12 nitrogen and oxygen atoms in total. The number of unbranched alkanes of at least 4 members (excludes halogenated alkanes) is 2. The van der Waals surface area contributed by atoms with Gasteiger partial charge >= 0.3 is 17.8 Å². The molecule has 52 heavy (non-hydrogen) atoms. The van der Waals surface area contributed by atoms with Gasteiger partial charge in [-0.25, -0.2) is 13.0 Å². The molecule has 3 aromatic rings. The van der Waals surface area contributed by atoms with Crippen molar-refractivity contribution in [2.45, 2.75) is 106 Å². The zero-order valence-corrected chi connectivity index (χ0v) is 31.0. The number of hydrogen-bond donors (Lipinski definition) is 0. The van der Waals surface area contributed by atoms with Crippen LogP contribution >= 0.6 is 0 Å². The number of sulfone groups is 1. The summed E-state index contributed by atoms with van der Waals surface area (Å²) in [6.45, 7) is 7.79. The van der Waals surface area contributed by atoms with Crippen LogP contribution in [0.15, 0.2) is 69.1 Å². The number of ether oxygens (including phenoxy) is 3. The van der Waals surface area contributed by atoms with Gasteiger partial charge in [-0.1, -0.05) is 43.7 Å². The molecule has 0 aliphatic carbocycles. The second kappa shape index (κ2) is 18.3. The predicted octanol–water partition coefficient (Wildman–Crippen LogP) is 6.25. The highest BCUT2D eigenvalue weighted by molar-refractivity contribution is 7.91. The zero-order chi connectivity index (χ0) is 36.3. The monoisotopic (exact) mass is 736 g/mol. The van der Waals surface area contributed by atoms with Crippen LogP contribution in [-0.2, 0) is 35.3 Å². The van der Waals surface area contributed by atoms with E-state index >= 15 is 0 Å². The minimum Gasteiger partial charge on any atom is -0.466 e. The van der Waals surface area contributed by atoms with Gasteiger partial charge in [-0.05, 0) is 123 Å². The molecule has 1 unspecified atom stereocenters. The Bertz CT molecular complexity index is 1700. The van der Waals surface area contributed by atoms with Crippen LogP contribution in [0.1, 0.15) is 83.1 Å². The van der Waals surface area contributed by atoms with Crippen molar-refractivity contribution in [1.29, 1.82) is 0 Å². The fourth-order valence-corrected chi connectivity index (χ4v) is 9.50. The van der Waals surface area contributed by atoms with Gasteiger partial charge in [0.25, 0.3) is 5.03 Å². The molecule has 0 bridgehead atoms. The number of aromatic nitrogens is 2. The van der Waals surface area contributed by atoms with Crippen LogP contribution in [0, 0.1) is 11.8 Å². The van der Waals surface area contributed by atoms with Crippen LogP contribution in [0.4, 0.5) is 0 Å². The average molecular weight is 737 g/mol. The standard InChI is InChI=1S/C39H52N4O8S/c1-2-3-23-43-28-30-11-9-24-42-25-10-14-33(37(30)42)34(43)15-7-8-26-48-35(44)20-21-36(45)49-27-22-29-16-18-31(19-17-29)50-38-39(41-51-40-38)52(46,47)32-12-5-4-6-13-32/h4-6,12-13,16-19,30,33-34,37H,2-3,7-11,14-15,20-28H2,1H3/t30-,33+,34?,37-/m1/s1. The first-order valence-electron chi connectivity index (χ1n) is 19.0. The van der Waals surface area contributed by atoms with Crippen molar-refractivity contribution in [1.82, 2.24) is 20.1 Å². The minimum atomic E-state index is -3.98. The number of carbonyl (C=O) groups is 2. The van der Waals surface area contributed by atoms with E-state index in [0.29, 0.717) is 24.8 Å². The lowest BCUT2D eigenvalue weighted by Crippen LogP contribution is -2.64. The molecular formula is C39H52N4O8S. The van der Waals surface area contributed by atoms with Gasteiger partial charge in [0.05, 0.1) is 31.0 Å². The van der Waals surface area contributed by atoms with E-state index < -0.39 is 20.8 Å². The van der Waals surface area contributed by atoms with E-state index in [4.69, 9.17) is 14.2 Å². The normalized spacial score (nSPS) is 22.0. The van der Waals surface area contributed by atoms with Gasteiger partial charge in [0.2, 0.25) is 9.84 Å². The number of rotatable bonds is 18. The molecule has 1 aromatic heterocycles. The molecule has 3 aliphatic rings. The Labute approximate surface area is 307 Å². The van der Waals surface area contributed by atoms with Crippen LogP contribution < -0.4 is 4.74 Å². The lowest BCUT2D eigenvalue weighted by atomic mass is 9.69. The number of esters is 2. The Hall–Kier alpha value is -3.81. The number of carbonyl (C=O) groups excluding carboxylic acids is 2. The fraction of sp³-hybridized carbons (Fsp3) is 0.590. The third kappa shape index (κ3) is 9.59. The van der Waals surface area contributed by atoms with E-state index in [1.165, 1.54) is 76.8 Å². The highest BCUT2D eigenvalue weighted by Crippen LogP contribution is 2.43. The van der Waals surface area contributed by atoms with Gasteiger partial charge in [0, 0.05) is 25.0 Å². The van der Waals surface area contributed by atoms with Crippen molar-refractivity contribution < 1.29 is 36.8 Å². The fourth-order valence-electron chi connectivity index (χ4n) is 8.32. The molecule has 6 rings (SSSR count). The molecule has 4 atom stereocenters. The number of benzene rings is 2. The molecule has 0 saturated carbocycles. The number of hydrogen-bond acceptors (Lipinski definition) is 12. The number of piperidine rings is 3. The lowest BCUT2D eigenvalue weighted by molar-refractivity contribution is -0.150. The summed E-state index contributed by atoms with van der Waals surface area (Å²) in [7, 11) is -3.98. The second-order valence-corrected chi connectivity index (χ2v) is 16.1. The highest BCUT2D eigenvalue weighted by atomic mass is 32.2. The molecule has 3 aliphatic heterocycles. The van der Waals surface area contributed by atoms with Crippen LogP contribution in [0.25, 0.3) is 0 Å². The van der Waals surface area contributed by atoms with Crippen molar-refractivity contribution in [2.24, 2.45) is 11.8 Å². The molecule has 2 aromatic carbocycles. The summed E-state index contributed by atoms with van der Waals surface area (Å²) in [6.07, 6.45) is 11.3. The molecule has 4 heterocycles. The van der Waals surface area contributed by atoms with Crippen molar-refractivity contribution in [3.63, 3.8) is 0 Å². The molecule has 0 radical (unpaired) electrons. The Balaban J connectivity index is 0.862. The van der Waals surface area contributed by atoms with Gasteiger partial charge in [0.1, 0.15) is 5.75 Å². The maximum Gasteiger partial charge on any atom is 0.306 e. The summed E-state index contributed by atoms with van der Waals surface area (Å²) >= 11 is 0. The van der Waals surface area contributed by atoms with Gasteiger partial charge in [-0.3, -0.25) is 19.4 Å². The molecule has 282 valence electrons. The quantitative estimate of drug-likeness (QED) is 0.108. The summed E-state index contributed by atoms with van der Waals surface area (Å²) in [6, 6.07) is 16.1. The van der Waals surface area contributed by atoms with E-state index in [0.717, 1.165) is 42.7 Å². The molecule has 0 amide bonds. The predicted molar refractivity (Wildman–Crippen MR) is 192 cm³/mol. The van der Waals surface area contributed by atoms with E-state index in [-0.39, 0.29) is 36.2 Å². The Morgan fingerprint density at radius 3 is 2.37 bits per heavy atom. The van der Waals surface area contributed by atoms with Gasteiger partial charge in [-0.15, -0.1) is 0 Å². The third-order valence-corrected chi connectivity index (χ3v) is 12.4. The summed E-state index contributed by atoms with van der Waals surface area (Å²) in [5.41, 5.74) is 0.871. The first kappa shape index (κ1) is 37.9. The van der Waals surface area contributed by atoms with Crippen LogP contribution in [0.2, 0.25) is 0 Å². The largest absolute Gasteiger partial charge is 0.466 e. The highest BCUT2D eigenvalue weighted by Gasteiger charge is 2.47. The van der Waals surface area contributed by atoms with Crippen molar-refractivity contribution in [3.8, 4) is 11.6 Å². The Morgan fingerprint density at radius 1 is 0.885 bits per heavy atom. The Kier molecular flexibility index (Phi) is 13.3. The first-order valence-corrected chi connectivity index (χ1v) is 20.5. The second-order valence-electron chi connectivity index (χ2n) is 14.3. The topological polar surface area (TPSA) is 141 Å². The van der Waals surface area contributed by atoms with Crippen LogP contribution in [0.3, 0.4) is 0 Å². The first-order chi connectivity index (χ1) is 25.3. The smallest absolute Gasteiger partial charge is 0.306 e. The van der Waals surface area contributed by atoms with Crippen molar-refractivity contribution in [2.75, 3.05) is 39.4 Å². The molecule has 3 fully saturated rings. The van der Waals surface area contributed by atoms with E-state index in [2.05, 4.69) is 31.7 Å². The summed E-state index contributed by atoms with van der Waals surface area (Å²) in [4.78, 5) is 30.3. The number of nitrogens with zero attached hydrogens (tertiary/aromatic N) is 4. The third-order valence-electron chi connectivity index (χ3n) is 10.8. The molecular weight excluding hydrogens is 685 g/mol. The van der Waals surface area contributed by atoms with Gasteiger partial charge in [0.15, 0.2) is 0 Å². The lowest BCUT2D eigenvalue weighted by Gasteiger charge is -2.57. The van der Waals surface area contributed by atoms with E-state index in [1.54, 1.807) is 42.5 Å². The van der Waals surface area contributed by atoms with Crippen molar-refractivity contribution >= 4 is 21.8 Å². The minimum absolute atomic E-state index is 0.00183. The average Bonchev–Trinajstić information content (AvgIpc) is 3.64.